The van der Waals surface area contributed by atoms with Gasteiger partial charge in [0.1, 0.15) is 11.4 Å². The molecule has 0 fully saturated rings. The number of aryl methyl sites for hydroxylation is 2. The summed E-state index contributed by atoms with van der Waals surface area (Å²) in [6.07, 6.45) is 0. The van der Waals surface area contributed by atoms with Crippen LogP contribution in [-0.2, 0) is 0 Å². The molecule has 1 N–H and O–H groups in total. The minimum absolute atomic E-state index is 0.0701. The fraction of sp³-hybridized carbons (Fsp3) is 0.200. The number of fused-ring (bicyclic) bond motifs is 1. The number of benzene rings is 2. The molecule has 0 atom stereocenters. The largest absolute Gasteiger partial charge is 0.450 e. The third-order valence-corrected chi connectivity index (χ3v) is 4.23. The van der Waals surface area contributed by atoms with Crippen LogP contribution in [0.15, 0.2) is 40.8 Å². The summed E-state index contributed by atoms with van der Waals surface area (Å²) in [5.41, 5.74) is 2.44. The van der Waals surface area contributed by atoms with E-state index in [0.29, 0.717) is 11.1 Å². The van der Waals surface area contributed by atoms with Gasteiger partial charge in [-0.3, -0.25) is 9.59 Å². The average Bonchev–Trinajstić information content (AvgIpc) is 2.94. The van der Waals surface area contributed by atoms with Crippen molar-refractivity contribution in [3.63, 3.8) is 0 Å². The van der Waals surface area contributed by atoms with Gasteiger partial charge in [-0.2, -0.15) is 0 Å². The van der Waals surface area contributed by atoms with Gasteiger partial charge < -0.3 is 14.6 Å². The molecule has 0 saturated carbocycles. The van der Waals surface area contributed by atoms with Crippen molar-refractivity contribution in [2.75, 3.05) is 19.4 Å². The van der Waals surface area contributed by atoms with Crippen LogP contribution in [0.25, 0.3) is 11.0 Å². The smallest absolute Gasteiger partial charge is 0.291 e. The quantitative estimate of drug-likeness (QED) is 0.769. The topological polar surface area (TPSA) is 62.6 Å². The summed E-state index contributed by atoms with van der Waals surface area (Å²) in [6.45, 7) is 3.67. The molecule has 26 heavy (non-hydrogen) atoms. The number of nitrogens with one attached hydrogen (secondary N) is 1. The van der Waals surface area contributed by atoms with Crippen molar-refractivity contribution in [2.45, 2.75) is 13.8 Å². The molecule has 1 aromatic heterocycles. The monoisotopic (exact) mass is 354 g/mol. The van der Waals surface area contributed by atoms with E-state index in [1.165, 1.54) is 17.0 Å². The summed E-state index contributed by atoms with van der Waals surface area (Å²) in [5.74, 6) is -1.35. The van der Waals surface area contributed by atoms with E-state index >= 15 is 0 Å². The maximum Gasteiger partial charge on any atom is 0.291 e. The lowest BCUT2D eigenvalue weighted by molar-refractivity contribution is 0.0827. The minimum Gasteiger partial charge on any atom is -0.450 e. The molecule has 0 aliphatic rings. The molecule has 0 saturated heterocycles. The van der Waals surface area contributed by atoms with Crippen LogP contribution in [0.4, 0.5) is 10.1 Å². The van der Waals surface area contributed by atoms with E-state index in [9.17, 15) is 14.0 Å². The van der Waals surface area contributed by atoms with Crippen LogP contribution < -0.4 is 5.32 Å². The Kier molecular flexibility index (Phi) is 4.50. The van der Waals surface area contributed by atoms with Gasteiger partial charge in [0.25, 0.3) is 11.8 Å². The third kappa shape index (κ3) is 3.06. The Morgan fingerprint density at radius 1 is 1.12 bits per heavy atom. The normalized spacial score (nSPS) is 10.8. The van der Waals surface area contributed by atoms with Crippen LogP contribution in [0, 0.1) is 19.7 Å². The maximum absolute atomic E-state index is 14.1. The number of anilines is 1. The van der Waals surface area contributed by atoms with Crippen LogP contribution in [0.1, 0.15) is 32.0 Å². The summed E-state index contributed by atoms with van der Waals surface area (Å²) in [6, 6.07) is 9.50. The van der Waals surface area contributed by atoms with Gasteiger partial charge in [0.05, 0.1) is 5.69 Å². The van der Waals surface area contributed by atoms with E-state index in [2.05, 4.69) is 5.32 Å². The second-order valence-corrected chi connectivity index (χ2v) is 6.36. The van der Waals surface area contributed by atoms with Crippen molar-refractivity contribution in [1.29, 1.82) is 0 Å². The number of halogens is 1. The number of furan rings is 1. The molecule has 3 aromatic rings. The number of amides is 2. The van der Waals surface area contributed by atoms with Crippen molar-refractivity contribution in [1.82, 2.24) is 4.90 Å². The van der Waals surface area contributed by atoms with E-state index in [1.807, 2.05) is 25.1 Å². The first kappa shape index (κ1) is 17.7. The van der Waals surface area contributed by atoms with E-state index in [1.54, 1.807) is 21.0 Å². The first-order chi connectivity index (χ1) is 12.3. The second-order valence-electron chi connectivity index (χ2n) is 6.36. The zero-order valence-corrected chi connectivity index (χ0v) is 15.0. The highest BCUT2D eigenvalue weighted by Gasteiger charge is 2.20. The van der Waals surface area contributed by atoms with E-state index in [4.69, 9.17) is 4.42 Å². The molecule has 2 aromatic carbocycles. The molecular weight excluding hydrogens is 335 g/mol. The third-order valence-electron chi connectivity index (χ3n) is 4.23. The van der Waals surface area contributed by atoms with Crippen LogP contribution in [-0.4, -0.2) is 30.8 Å². The Hall–Kier alpha value is -3.15. The Labute approximate surface area is 150 Å². The standard InChI is InChI=1S/C20H19FN2O3/c1-11-6-5-7-14-12(2)18(26-17(11)14)19(24)22-16-10-13(8-9-15(16)21)20(25)23(3)4/h5-10H,1-4H3,(H,22,24). The Balaban J connectivity index is 1.96. The molecule has 0 aliphatic carbocycles. The highest BCUT2D eigenvalue weighted by molar-refractivity contribution is 6.07. The lowest BCUT2D eigenvalue weighted by Crippen LogP contribution is -2.22. The van der Waals surface area contributed by atoms with Gasteiger partial charge >= 0.3 is 0 Å². The summed E-state index contributed by atoms with van der Waals surface area (Å²) in [5, 5.41) is 3.34. The summed E-state index contributed by atoms with van der Waals surface area (Å²) >= 11 is 0. The average molecular weight is 354 g/mol. The molecule has 0 aliphatic heterocycles. The molecule has 0 spiro atoms. The SMILES string of the molecule is Cc1c(C(=O)Nc2cc(C(=O)N(C)C)ccc2F)oc2c(C)cccc12. The first-order valence-electron chi connectivity index (χ1n) is 8.11. The lowest BCUT2D eigenvalue weighted by atomic mass is 10.1. The Bertz CT molecular complexity index is 1020. The highest BCUT2D eigenvalue weighted by Crippen LogP contribution is 2.28. The van der Waals surface area contributed by atoms with Gasteiger partial charge in [-0.1, -0.05) is 18.2 Å². The molecule has 1 heterocycles. The van der Waals surface area contributed by atoms with Crippen LogP contribution in [0.3, 0.4) is 0 Å². The lowest BCUT2D eigenvalue weighted by Gasteiger charge is -2.12. The van der Waals surface area contributed by atoms with Gasteiger partial charge in [-0.15, -0.1) is 0 Å². The van der Waals surface area contributed by atoms with E-state index < -0.39 is 11.7 Å². The van der Waals surface area contributed by atoms with Gasteiger partial charge in [-0.05, 0) is 37.6 Å². The summed E-state index contributed by atoms with van der Waals surface area (Å²) in [7, 11) is 3.20. The zero-order valence-electron chi connectivity index (χ0n) is 15.0. The van der Waals surface area contributed by atoms with Crippen LogP contribution in [0.5, 0.6) is 0 Å². The highest BCUT2D eigenvalue weighted by atomic mass is 19.1. The molecular formula is C20H19FN2O3. The predicted molar refractivity (Wildman–Crippen MR) is 98.1 cm³/mol. The number of nitrogens with zero attached hydrogens (tertiary/aromatic N) is 1. The molecule has 6 heteroatoms. The van der Waals surface area contributed by atoms with E-state index in [-0.39, 0.29) is 22.9 Å². The first-order valence-corrected chi connectivity index (χ1v) is 8.11. The van der Waals surface area contributed by atoms with Crippen molar-refractivity contribution in [3.8, 4) is 0 Å². The molecule has 2 amide bonds. The van der Waals surface area contributed by atoms with E-state index in [0.717, 1.165) is 17.0 Å². The van der Waals surface area contributed by atoms with Crippen molar-refractivity contribution in [2.24, 2.45) is 0 Å². The van der Waals surface area contributed by atoms with Crippen molar-refractivity contribution in [3.05, 3.63) is 64.7 Å². The number of para-hydroxylation sites is 1. The molecule has 0 radical (unpaired) electrons. The number of carbonyl (C=O) groups excluding carboxylic acids is 2. The molecule has 134 valence electrons. The van der Waals surface area contributed by atoms with Crippen LogP contribution >= 0.6 is 0 Å². The predicted octanol–water partition coefficient (Wildman–Crippen LogP) is 4.14. The molecule has 0 bridgehead atoms. The number of hydrogen-bond donors (Lipinski definition) is 1. The Morgan fingerprint density at radius 2 is 1.85 bits per heavy atom. The Morgan fingerprint density at radius 3 is 2.50 bits per heavy atom. The second kappa shape index (κ2) is 6.63. The minimum atomic E-state index is -0.626. The fourth-order valence-corrected chi connectivity index (χ4v) is 2.79. The van der Waals surface area contributed by atoms with Crippen molar-refractivity contribution >= 4 is 28.5 Å². The van der Waals surface area contributed by atoms with Crippen LogP contribution in [0.2, 0.25) is 0 Å². The van der Waals surface area contributed by atoms with Gasteiger partial charge in [-0.25, -0.2) is 4.39 Å². The molecule has 5 nitrogen and oxygen atoms in total. The number of carbonyl (C=O) groups is 2. The summed E-state index contributed by atoms with van der Waals surface area (Å²) < 4.78 is 19.8. The zero-order chi connectivity index (χ0) is 19.0. The van der Waals surface area contributed by atoms with Crippen molar-refractivity contribution < 1.29 is 18.4 Å². The fourth-order valence-electron chi connectivity index (χ4n) is 2.79. The van der Waals surface area contributed by atoms with Gasteiger partial charge in [0, 0.05) is 30.6 Å². The molecule has 0 unspecified atom stereocenters. The summed E-state index contributed by atoms with van der Waals surface area (Å²) in [4.78, 5) is 26.0. The maximum atomic E-state index is 14.1. The number of rotatable bonds is 3. The number of hydrogen-bond acceptors (Lipinski definition) is 3. The van der Waals surface area contributed by atoms with Gasteiger partial charge in [0.2, 0.25) is 0 Å². The molecule has 3 rings (SSSR count). The van der Waals surface area contributed by atoms with Gasteiger partial charge in [0.15, 0.2) is 5.76 Å².